The Labute approximate surface area is 244 Å². The van der Waals surface area contributed by atoms with E-state index >= 15 is 0 Å². The van der Waals surface area contributed by atoms with Gasteiger partial charge in [-0.1, -0.05) is 67.8 Å². The molecule has 6 aromatic rings. The second-order valence-corrected chi connectivity index (χ2v) is 10.5. The maximum atomic E-state index is 12.1. The molecule has 0 aromatic heterocycles. The quantitative estimate of drug-likeness (QED) is 0.0817. The number of esters is 2. The Kier molecular flexibility index (Phi) is 6.93. The van der Waals surface area contributed by atoms with Crippen LogP contribution in [0.2, 0.25) is 0 Å². The van der Waals surface area contributed by atoms with Gasteiger partial charge in [0.05, 0.1) is 0 Å². The third-order valence-corrected chi connectivity index (χ3v) is 7.27. The van der Waals surface area contributed by atoms with Gasteiger partial charge in [0.15, 0.2) is 0 Å². The lowest BCUT2D eigenvalue weighted by Gasteiger charge is -2.27. The van der Waals surface area contributed by atoms with Crippen molar-refractivity contribution in [2.45, 2.75) is 20.5 Å². The third-order valence-electron chi connectivity index (χ3n) is 7.27. The van der Waals surface area contributed by atoms with Crippen LogP contribution in [0.4, 0.5) is 17.1 Å². The number of carbonyl (C=O) groups is 2. The summed E-state index contributed by atoms with van der Waals surface area (Å²) in [5.74, 6) is -0.437. The predicted octanol–water partition coefficient (Wildman–Crippen LogP) is 9.15. The first-order valence-electron chi connectivity index (χ1n) is 13.7. The van der Waals surface area contributed by atoms with Gasteiger partial charge in [0.1, 0.15) is 12.4 Å². The number of carbonyl (C=O) groups excluding carboxylic acids is 2. The van der Waals surface area contributed by atoms with Gasteiger partial charge >= 0.3 is 11.9 Å². The first kappa shape index (κ1) is 26.8. The predicted molar refractivity (Wildman–Crippen MR) is 170 cm³/mol. The molecule has 0 saturated heterocycles. The summed E-state index contributed by atoms with van der Waals surface area (Å²) in [6, 6.07) is 34.8. The molecule has 0 fully saturated rings. The summed E-state index contributed by atoms with van der Waals surface area (Å²) in [7, 11) is 0. The fourth-order valence-electron chi connectivity index (χ4n) is 5.18. The molecule has 206 valence electrons. The summed E-state index contributed by atoms with van der Waals surface area (Å²) >= 11 is 0. The maximum Gasteiger partial charge on any atom is 0.338 e. The van der Waals surface area contributed by atoms with Gasteiger partial charge < -0.3 is 14.4 Å². The van der Waals surface area contributed by atoms with E-state index in [1.807, 2.05) is 36.4 Å². The van der Waals surface area contributed by atoms with Crippen molar-refractivity contribution in [1.29, 1.82) is 0 Å². The monoisotopic (exact) mass is 551 g/mol. The molecule has 0 aliphatic carbocycles. The van der Waals surface area contributed by atoms with Crippen molar-refractivity contribution in [3.05, 3.63) is 133 Å². The summed E-state index contributed by atoms with van der Waals surface area (Å²) in [4.78, 5) is 26.1. The van der Waals surface area contributed by atoms with E-state index in [2.05, 4.69) is 72.7 Å². The average molecular weight is 552 g/mol. The molecular weight excluding hydrogens is 522 g/mol. The van der Waals surface area contributed by atoms with Crippen LogP contribution in [0, 0.1) is 0 Å². The van der Waals surface area contributed by atoms with Gasteiger partial charge in [0, 0.05) is 28.2 Å². The summed E-state index contributed by atoms with van der Waals surface area (Å²) in [5.41, 5.74) is 4.36. The zero-order valence-corrected chi connectivity index (χ0v) is 23.5. The Morgan fingerprint density at radius 1 is 0.619 bits per heavy atom. The lowest BCUT2D eigenvalue weighted by Crippen LogP contribution is -2.11. The highest BCUT2D eigenvalue weighted by Gasteiger charge is 2.17. The van der Waals surface area contributed by atoms with Crippen LogP contribution in [0.3, 0.4) is 0 Å². The molecule has 0 heterocycles. The minimum Gasteiger partial charge on any atom is -0.457 e. The first-order chi connectivity index (χ1) is 20.3. The molecule has 0 unspecified atom stereocenters. The van der Waals surface area contributed by atoms with Crippen molar-refractivity contribution in [3.8, 4) is 5.75 Å². The lowest BCUT2D eigenvalue weighted by molar-refractivity contribution is -0.140. The van der Waals surface area contributed by atoms with Crippen LogP contribution in [0.15, 0.2) is 127 Å². The summed E-state index contributed by atoms with van der Waals surface area (Å²) in [6.07, 6.45) is 0. The lowest BCUT2D eigenvalue weighted by atomic mass is 9.93. The molecule has 0 bridgehead atoms. The van der Waals surface area contributed by atoms with Crippen LogP contribution in [0.1, 0.15) is 19.4 Å². The Morgan fingerprint density at radius 2 is 1.12 bits per heavy atom. The highest BCUT2D eigenvalue weighted by atomic mass is 16.5. The van der Waals surface area contributed by atoms with E-state index in [-0.39, 0.29) is 6.61 Å². The normalized spacial score (nSPS) is 11.1. The number of nitrogens with zero attached hydrogens (tertiary/aromatic N) is 1. The third kappa shape index (κ3) is 5.08. The van der Waals surface area contributed by atoms with Crippen molar-refractivity contribution in [2.75, 3.05) is 4.90 Å². The topological polar surface area (TPSA) is 55.8 Å². The van der Waals surface area contributed by atoms with Crippen LogP contribution < -0.4 is 9.64 Å². The van der Waals surface area contributed by atoms with E-state index in [9.17, 15) is 9.59 Å². The number of hydrogen-bond donors (Lipinski definition) is 0. The SMILES string of the molecule is C=C(C)C(=O)OCc1ccc(N(c2ccc(OC(=O)C(=C)C)cc2)c2cc3ccc4cccc5ccc(c2)c3c45)cc1. The molecule has 0 amide bonds. The Hall–Kier alpha value is -5.42. The molecule has 0 atom stereocenters. The van der Waals surface area contributed by atoms with Crippen molar-refractivity contribution >= 4 is 61.3 Å². The molecule has 0 spiro atoms. The Morgan fingerprint density at radius 3 is 1.67 bits per heavy atom. The van der Waals surface area contributed by atoms with E-state index in [0.717, 1.165) is 33.4 Å². The minimum absolute atomic E-state index is 0.162. The van der Waals surface area contributed by atoms with Crippen LogP contribution in [-0.2, 0) is 20.9 Å². The molecular formula is C37H29NO4. The molecule has 42 heavy (non-hydrogen) atoms. The molecule has 0 aliphatic heterocycles. The van der Waals surface area contributed by atoms with Crippen molar-refractivity contribution in [2.24, 2.45) is 0 Å². The molecule has 0 aliphatic rings. The van der Waals surface area contributed by atoms with Gasteiger partial charge in [-0.2, -0.15) is 0 Å². The van der Waals surface area contributed by atoms with Crippen molar-refractivity contribution in [1.82, 2.24) is 0 Å². The largest absolute Gasteiger partial charge is 0.457 e. The number of benzene rings is 6. The Bertz CT molecular complexity index is 1920. The molecule has 6 rings (SSSR count). The van der Waals surface area contributed by atoms with Crippen LogP contribution in [0.25, 0.3) is 32.3 Å². The summed E-state index contributed by atoms with van der Waals surface area (Å²) in [5, 5.41) is 7.24. The van der Waals surface area contributed by atoms with E-state index in [0.29, 0.717) is 16.9 Å². The van der Waals surface area contributed by atoms with Gasteiger partial charge in [-0.25, -0.2) is 9.59 Å². The Balaban J connectivity index is 1.43. The summed E-state index contributed by atoms with van der Waals surface area (Å²) < 4.78 is 10.8. The fourth-order valence-corrected chi connectivity index (χ4v) is 5.18. The molecule has 5 heteroatoms. The highest BCUT2D eigenvalue weighted by molar-refractivity contribution is 6.23. The number of hydrogen-bond acceptors (Lipinski definition) is 5. The van der Waals surface area contributed by atoms with Gasteiger partial charge in [0.25, 0.3) is 0 Å². The number of rotatable bonds is 8. The van der Waals surface area contributed by atoms with E-state index in [1.165, 1.54) is 21.5 Å². The summed E-state index contributed by atoms with van der Waals surface area (Å²) in [6.45, 7) is 10.7. The highest BCUT2D eigenvalue weighted by Crippen LogP contribution is 2.41. The zero-order chi connectivity index (χ0) is 29.4. The second-order valence-electron chi connectivity index (χ2n) is 10.5. The van der Waals surface area contributed by atoms with Gasteiger partial charge in [-0.05, 0) is 100 Å². The van der Waals surface area contributed by atoms with E-state index in [4.69, 9.17) is 9.47 Å². The number of anilines is 3. The molecule has 0 saturated carbocycles. The smallest absolute Gasteiger partial charge is 0.338 e. The van der Waals surface area contributed by atoms with Gasteiger partial charge in [0.2, 0.25) is 0 Å². The van der Waals surface area contributed by atoms with Crippen molar-refractivity contribution in [3.63, 3.8) is 0 Å². The standard InChI is InChI=1S/C37H29NO4/c1-23(2)36(39)41-22-25-8-14-30(15-9-25)38(31-16-18-33(19-17-31)42-37(40)24(3)4)32-20-28-12-10-26-6-5-7-27-11-13-29(21-32)35(28)34(26)27/h5-21H,1,3,22H2,2,4H3. The maximum absolute atomic E-state index is 12.1. The van der Waals surface area contributed by atoms with E-state index in [1.54, 1.807) is 26.0 Å². The minimum atomic E-state index is -0.463. The van der Waals surface area contributed by atoms with Crippen LogP contribution in [-0.4, -0.2) is 11.9 Å². The average Bonchev–Trinajstić information content (AvgIpc) is 3.00. The molecule has 5 nitrogen and oxygen atoms in total. The van der Waals surface area contributed by atoms with E-state index < -0.39 is 11.9 Å². The molecule has 0 N–H and O–H groups in total. The zero-order valence-electron chi connectivity index (χ0n) is 23.5. The van der Waals surface area contributed by atoms with Gasteiger partial charge in [-0.3, -0.25) is 0 Å². The molecule has 0 radical (unpaired) electrons. The van der Waals surface area contributed by atoms with Crippen molar-refractivity contribution < 1.29 is 19.1 Å². The van der Waals surface area contributed by atoms with Gasteiger partial charge in [-0.15, -0.1) is 0 Å². The fraction of sp³-hybridized carbons (Fsp3) is 0.0811. The first-order valence-corrected chi connectivity index (χ1v) is 13.7. The van der Waals surface area contributed by atoms with Crippen LogP contribution >= 0.6 is 0 Å². The molecule has 6 aromatic carbocycles. The second kappa shape index (κ2) is 10.9. The van der Waals surface area contributed by atoms with Crippen LogP contribution in [0.5, 0.6) is 5.75 Å². The number of ether oxygens (including phenoxy) is 2.